The molecule has 12 rings (SSSR count). The summed E-state index contributed by atoms with van der Waals surface area (Å²) in [5.74, 6) is 0. The molecule has 0 fully saturated rings. The molecule has 0 aromatic heterocycles. The number of rotatable bonds is 10. The van der Waals surface area contributed by atoms with Gasteiger partial charge in [0.15, 0.2) is 16.1 Å². The molecule has 0 aliphatic heterocycles. The van der Waals surface area contributed by atoms with Gasteiger partial charge in [-0.15, -0.1) is 0 Å². The molecule has 0 nitrogen and oxygen atoms in total. The summed E-state index contributed by atoms with van der Waals surface area (Å²) >= 11 is 0. The first-order valence-corrected chi connectivity index (χ1v) is 27.0. The van der Waals surface area contributed by atoms with Gasteiger partial charge >= 0.3 is 0 Å². The summed E-state index contributed by atoms with van der Waals surface area (Å²) in [6.45, 7) is 0. The Morgan fingerprint density at radius 2 is 0.455 bits per heavy atom. The average molecular weight is 871 g/mol. The van der Waals surface area contributed by atoms with E-state index in [0.717, 1.165) is 0 Å². The van der Waals surface area contributed by atoms with E-state index in [2.05, 4.69) is 279 Å². The lowest BCUT2D eigenvalue weighted by Gasteiger charge is -2.34. The molecule has 0 N–H and O–H groups in total. The lowest BCUT2D eigenvalue weighted by molar-refractivity contribution is 1.64. The van der Waals surface area contributed by atoms with Gasteiger partial charge in [-0.25, -0.2) is 0 Å². The minimum absolute atomic E-state index is 1.24. The second-order valence-corrected chi connectivity index (χ2v) is 25.1. The molecule has 0 amide bonds. The van der Waals surface area contributed by atoms with Gasteiger partial charge in [-0.2, -0.15) is 0 Å². The Morgan fingerprint density at radius 3 is 0.742 bits per heavy atom. The van der Waals surface area contributed by atoms with Crippen LogP contribution in [-0.2, 0) is 0 Å². The first-order chi connectivity index (χ1) is 32.7. The molecule has 66 heavy (non-hydrogen) atoms. The van der Waals surface area contributed by atoms with E-state index in [1.54, 1.807) is 0 Å². The van der Waals surface area contributed by atoms with Crippen LogP contribution in [0, 0.1) is 0 Å². The highest BCUT2D eigenvalue weighted by Crippen LogP contribution is 2.42. The van der Waals surface area contributed by atoms with Gasteiger partial charge in [0.25, 0.3) is 0 Å². The maximum atomic E-state index is 2.50. The molecule has 2 heteroatoms. The van der Waals surface area contributed by atoms with Gasteiger partial charge in [0.05, 0.1) is 0 Å². The van der Waals surface area contributed by atoms with E-state index in [4.69, 9.17) is 0 Å². The zero-order valence-electron chi connectivity index (χ0n) is 36.6. The summed E-state index contributed by atoms with van der Waals surface area (Å²) < 4.78 is 0. The predicted molar refractivity (Wildman–Crippen MR) is 288 cm³/mol. The van der Waals surface area contributed by atoms with Crippen molar-refractivity contribution in [1.29, 1.82) is 0 Å². The largest absolute Gasteiger partial charge is 0.179 e. The molecular weight excluding hydrogens is 825 g/mol. The van der Waals surface area contributed by atoms with Crippen LogP contribution in [0.15, 0.2) is 279 Å². The fourth-order valence-corrected chi connectivity index (χ4v) is 20.9. The summed E-state index contributed by atoms with van der Waals surface area (Å²) in [7, 11) is -5.44. The van der Waals surface area contributed by atoms with Gasteiger partial charge in [0, 0.05) is 0 Å². The molecule has 0 unspecified atom stereocenters. The molecule has 0 aliphatic rings. The number of hydrogen-bond acceptors (Lipinski definition) is 0. The molecule has 0 heterocycles. The quantitative estimate of drug-likeness (QED) is 0.0730. The van der Waals surface area contributed by atoms with E-state index in [0.29, 0.717) is 0 Å². The third-order valence-corrected chi connectivity index (χ3v) is 23.7. The number of benzene rings is 12. The highest BCUT2D eigenvalue weighted by Gasteiger charge is 2.43. The lowest BCUT2D eigenvalue weighted by atomic mass is 9.87. The molecule has 0 saturated carbocycles. The molecule has 0 radical (unpaired) electrons. The minimum atomic E-state index is -2.72. The Kier molecular flexibility index (Phi) is 9.98. The van der Waals surface area contributed by atoms with Crippen LogP contribution < -0.4 is 41.5 Å². The Balaban J connectivity index is 1.05. The normalized spacial score (nSPS) is 11.9. The highest BCUT2D eigenvalue weighted by molar-refractivity contribution is 7.20. The molecule has 0 spiro atoms. The molecular formula is C64H46Si2. The van der Waals surface area contributed by atoms with Crippen LogP contribution in [0.25, 0.3) is 54.6 Å². The number of hydrogen-bond donors (Lipinski definition) is 0. The first kappa shape index (κ1) is 39.7. The average Bonchev–Trinajstić information content (AvgIpc) is 3.40. The Hall–Kier alpha value is -7.89. The van der Waals surface area contributed by atoms with E-state index in [1.165, 1.54) is 96.1 Å². The van der Waals surface area contributed by atoms with Crippen LogP contribution in [0.5, 0.6) is 0 Å². The molecule has 12 aromatic rings. The summed E-state index contributed by atoms with van der Waals surface area (Å²) in [6.07, 6.45) is 0. The van der Waals surface area contributed by atoms with Gasteiger partial charge in [-0.05, 0) is 96.1 Å². The van der Waals surface area contributed by atoms with E-state index >= 15 is 0 Å². The summed E-state index contributed by atoms with van der Waals surface area (Å²) in [4.78, 5) is 0. The minimum Gasteiger partial charge on any atom is -0.0623 e. The van der Waals surface area contributed by atoms with E-state index in [1.807, 2.05) is 0 Å². The summed E-state index contributed by atoms with van der Waals surface area (Å²) in [6, 6.07) is 105. The fourth-order valence-electron chi connectivity index (χ4n) is 11.3. The fraction of sp³-hybridized carbons (Fsp3) is 0. The third-order valence-electron chi connectivity index (χ3n) is 14.1. The van der Waals surface area contributed by atoms with Crippen LogP contribution in [0.1, 0.15) is 0 Å². The smallest absolute Gasteiger partial charge is 0.0623 e. The van der Waals surface area contributed by atoms with Gasteiger partial charge in [-0.1, -0.05) is 279 Å². The van der Waals surface area contributed by atoms with Gasteiger partial charge in [0.2, 0.25) is 0 Å². The van der Waals surface area contributed by atoms with Crippen LogP contribution >= 0.6 is 0 Å². The van der Waals surface area contributed by atoms with Crippen molar-refractivity contribution >= 4 is 90.0 Å². The van der Waals surface area contributed by atoms with Crippen molar-refractivity contribution in [2.45, 2.75) is 0 Å². The summed E-state index contributed by atoms with van der Waals surface area (Å²) in [5.41, 5.74) is 4.99. The summed E-state index contributed by atoms with van der Waals surface area (Å²) in [5, 5.41) is 18.7. The van der Waals surface area contributed by atoms with Crippen molar-refractivity contribution < 1.29 is 0 Å². The van der Waals surface area contributed by atoms with Crippen LogP contribution in [0.4, 0.5) is 0 Å². The second-order valence-electron chi connectivity index (χ2n) is 17.5. The SMILES string of the molecule is c1ccc([Si](c2ccccc2)(c2ccccc2)c2cccc(-c3ccc4ccc5c(-c6cccc([Si](c7ccccc7)(c7ccccc7)c7ccccc7)c6)ccc6ccc3c4c65)c2)cc1. The van der Waals surface area contributed by atoms with E-state index in [-0.39, 0.29) is 0 Å². The van der Waals surface area contributed by atoms with E-state index < -0.39 is 16.1 Å². The Labute approximate surface area is 389 Å². The maximum absolute atomic E-state index is 2.72. The zero-order chi connectivity index (χ0) is 43.9. The highest BCUT2D eigenvalue weighted by atomic mass is 28.3. The van der Waals surface area contributed by atoms with Crippen LogP contribution in [-0.4, -0.2) is 16.1 Å². The maximum Gasteiger partial charge on any atom is 0.179 e. The van der Waals surface area contributed by atoms with Crippen molar-refractivity contribution in [3.05, 3.63) is 279 Å². The van der Waals surface area contributed by atoms with Crippen LogP contribution in [0.2, 0.25) is 0 Å². The van der Waals surface area contributed by atoms with Crippen LogP contribution in [0.3, 0.4) is 0 Å². The van der Waals surface area contributed by atoms with Crippen molar-refractivity contribution in [2.75, 3.05) is 0 Å². The van der Waals surface area contributed by atoms with E-state index in [9.17, 15) is 0 Å². The molecule has 0 bridgehead atoms. The molecule has 310 valence electrons. The topological polar surface area (TPSA) is 0 Å². The van der Waals surface area contributed by atoms with Gasteiger partial charge in [0.1, 0.15) is 0 Å². The van der Waals surface area contributed by atoms with Crippen molar-refractivity contribution in [1.82, 2.24) is 0 Å². The Morgan fingerprint density at radius 1 is 0.197 bits per heavy atom. The van der Waals surface area contributed by atoms with Crippen molar-refractivity contribution in [2.24, 2.45) is 0 Å². The molecule has 0 saturated heterocycles. The van der Waals surface area contributed by atoms with Gasteiger partial charge < -0.3 is 0 Å². The zero-order valence-corrected chi connectivity index (χ0v) is 38.6. The standard InChI is InChI=1S/C64H46Si2/c1-7-23-51(24-8-1)65(52-25-9-2-10-26-52,53-27-11-3-12-28-53)57-35-19-21-49(45-57)59-41-37-47-40-44-62-60(42-38-48-39-43-61(59)63(47)64(48)62)50-22-20-36-58(46-50)66(54-29-13-4-14-30-54,55-31-15-5-16-32-55)56-33-17-6-18-34-56/h1-46H. The van der Waals surface area contributed by atoms with Gasteiger partial charge in [-0.3, -0.25) is 0 Å². The van der Waals surface area contributed by atoms with Crippen molar-refractivity contribution in [3.8, 4) is 22.3 Å². The molecule has 0 atom stereocenters. The van der Waals surface area contributed by atoms with Crippen molar-refractivity contribution in [3.63, 3.8) is 0 Å². The lowest BCUT2D eigenvalue weighted by Crippen LogP contribution is -2.74. The predicted octanol–water partition coefficient (Wildman–Crippen LogP) is 10.7. The second kappa shape index (κ2) is 16.6. The Bertz CT molecular complexity index is 3170. The molecule has 12 aromatic carbocycles. The first-order valence-electron chi connectivity index (χ1n) is 23.0. The monoisotopic (exact) mass is 870 g/mol. The molecule has 0 aliphatic carbocycles. The third kappa shape index (κ3) is 6.33.